The molecule has 0 aliphatic heterocycles. The first-order valence-electron chi connectivity index (χ1n) is 5.94. The van der Waals surface area contributed by atoms with Gasteiger partial charge in [0.25, 0.3) is 0 Å². The molecule has 0 aliphatic carbocycles. The van der Waals surface area contributed by atoms with E-state index in [0.717, 1.165) is 11.5 Å². The van der Waals surface area contributed by atoms with E-state index >= 15 is 0 Å². The van der Waals surface area contributed by atoms with Gasteiger partial charge in [0.15, 0.2) is 0 Å². The molecule has 0 heterocycles. The number of amides is 1. The first kappa shape index (κ1) is 14.3. The molecule has 100 valence electrons. The van der Waals surface area contributed by atoms with Gasteiger partial charge in [0.05, 0.1) is 19.6 Å². The topological polar surface area (TPSA) is 50.8 Å². The molecule has 1 amide bonds. The molecule has 0 atom stereocenters. The Labute approximate surface area is 108 Å². The lowest BCUT2D eigenvalue weighted by molar-refractivity contribution is -0.125. The van der Waals surface area contributed by atoms with Crippen molar-refractivity contribution in [3.63, 3.8) is 0 Å². The predicted octanol–water partition coefficient (Wildman–Crippen LogP) is 1.45. The van der Waals surface area contributed by atoms with Gasteiger partial charge in [-0.3, -0.25) is 10.2 Å². The van der Waals surface area contributed by atoms with Crippen molar-refractivity contribution in [2.24, 2.45) is 0 Å². The Morgan fingerprint density at radius 1 is 1.17 bits per heavy atom. The molecule has 1 rings (SSSR count). The summed E-state index contributed by atoms with van der Waals surface area (Å²) in [5.41, 5.74) is 2.65. The third kappa shape index (κ3) is 5.54. The van der Waals surface area contributed by atoms with E-state index in [1.165, 1.54) is 0 Å². The van der Waals surface area contributed by atoms with Gasteiger partial charge in [-0.25, -0.2) is 5.01 Å². The van der Waals surface area contributed by atoms with Crippen LogP contribution >= 0.6 is 0 Å². The third-order valence-electron chi connectivity index (χ3n) is 2.08. The molecule has 0 aliphatic rings. The van der Waals surface area contributed by atoms with Crippen LogP contribution in [0.4, 0.5) is 0 Å². The van der Waals surface area contributed by atoms with Crippen LogP contribution in [0.15, 0.2) is 24.3 Å². The Bertz CT molecular complexity index is 363. The van der Waals surface area contributed by atoms with E-state index in [1.54, 1.807) is 19.1 Å². The average molecular weight is 252 g/mol. The second-order valence-corrected chi connectivity index (χ2v) is 3.93. The highest BCUT2D eigenvalue weighted by Crippen LogP contribution is 2.17. The number of hydrogen-bond acceptors (Lipinski definition) is 4. The van der Waals surface area contributed by atoms with Crippen molar-refractivity contribution >= 4 is 5.91 Å². The van der Waals surface area contributed by atoms with Crippen molar-refractivity contribution in [2.75, 3.05) is 27.3 Å². The number of ether oxygens (including phenoxy) is 2. The summed E-state index contributed by atoms with van der Waals surface area (Å²) in [6, 6.07) is 7.35. The van der Waals surface area contributed by atoms with Gasteiger partial charge in [0.2, 0.25) is 5.91 Å². The summed E-state index contributed by atoms with van der Waals surface area (Å²) >= 11 is 0. The van der Waals surface area contributed by atoms with E-state index < -0.39 is 0 Å². The van der Waals surface area contributed by atoms with Gasteiger partial charge in [0, 0.05) is 14.1 Å². The lowest BCUT2D eigenvalue weighted by atomic mass is 10.3. The summed E-state index contributed by atoms with van der Waals surface area (Å²) in [7, 11) is 3.54. The molecule has 5 nitrogen and oxygen atoms in total. The SMILES string of the molecule is CCOc1ccc(OCCC(=O)NN(C)C)cc1. The Morgan fingerprint density at radius 2 is 1.72 bits per heavy atom. The average Bonchev–Trinajstić information content (AvgIpc) is 2.31. The minimum atomic E-state index is -0.0639. The molecule has 1 N–H and O–H groups in total. The Balaban J connectivity index is 2.28. The van der Waals surface area contributed by atoms with Crippen LogP contribution in [-0.4, -0.2) is 38.2 Å². The predicted molar refractivity (Wildman–Crippen MR) is 69.6 cm³/mol. The van der Waals surface area contributed by atoms with Crippen molar-refractivity contribution in [3.8, 4) is 11.5 Å². The fourth-order valence-electron chi connectivity index (χ4n) is 1.37. The molecule has 0 saturated carbocycles. The zero-order valence-corrected chi connectivity index (χ0v) is 11.1. The number of nitrogens with one attached hydrogen (secondary N) is 1. The maximum atomic E-state index is 11.3. The normalized spacial score (nSPS) is 10.2. The first-order chi connectivity index (χ1) is 8.61. The van der Waals surface area contributed by atoms with Crippen LogP contribution in [0.3, 0.4) is 0 Å². The number of benzene rings is 1. The molecule has 0 aromatic heterocycles. The second-order valence-electron chi connectivity index (χ2n) is 3.93. The fraction of sp³-hybridized carbons (Fsp3) is 0.462. The summed E-state index contributed by atoms with van der Waals surface area (Å²) < 4.78 is 10.8. The highest BCUT2D eigenvalue weighted by atomic mass is 16.5. The van der Waals surface area contributed by atoms with Crippen LogP contribution in [0, 0.1) is 0 Å². The van der Waals surface area contributed by atoms with Crippen molar-refractivity contribution in [3.05, 3.63) is 24.3 Å². The Kier molecular flexibility index (Phi) is 6.00. The molecular formula is C13H20N2O3. The fourth-order valence-corrected chi connectivity index (χ4v) is 1.37. The van der Waals surface area contributed by atoms with Gasteiger partial charge >= 0.3 is 0 Å². The van der Waals surface area contributed by atoms with Crippen LogP contribution in [0.2, 0.25) is 0 Å². The molecule has 0 unspecified atom stereocenters. The summed E-state index contributed by atoms with van der Waals surface area (Å²) in [5.74, 6) is 1.48. The molecule has 0 fully saturated rings. The highest BCUT2D eigenvalue weighted by Gasteiger charge is 2.02. The number of carbonyl (C=O) groups excluding carboxylic acids is 1. The highest BCUT2D eigenvalue weighted by molar-refractivity contribution is 5.75. The number of hydrazine groups is 1. The molecule has 1 aromatic carbocycles. The van der Waals surface area contributed by atoms with Crippen molar-refractivity contribution < 1.29 is 14.3 Å². The van der Waals surface area contributed by atoms with Crippen molar-refractivity contribution in [2.45, 2.75) is 13.3 Å². The van der Waals surface area contributed by atoms with Crippen LogP contribution < -0.4 is 14.9 Å². The zero-order valence-electron chi connectivity index (χ0n) is 11.1. The maximum absolute atomic E-state index is 11.3. The monoisotopic (exact) mass is 252 g/mol. The van der Waals surface area contributed by atoms with E-state index in [2.05, 4.69) is 5.43 Å². The van der Waals surface area contributed by atoms with Crippen molar-refractivity contribution in [1.29, 1.82) is 0 Å². The van der Waals surface area contributed by atoms with Gasteiger partial charge in [0.1, 0.15) is 11.5 Å². The molecule has 0 radical (unpaired) electrons. The molecule has 5 heteroatoms. The second kappa shape index (κ2) is 7.55. The zero-order chi connectivity index (χ0) is 13.4. The minimum Gasteiger partial charge on any atom is -0.494 e. The largest absolute Gasteiger partial charge is 0.494 e. The van der Waals surface area contributed by atoms with Gasteiger partial charge in [-0.2, -0.15) is 0 Å². The first-order valence-corrected chi connectivity index (χ1v) is 5.94. The van der Waals surface area contributed by atoms with Gasteiger partial charge in [-0.1, -0.05) is 0 Å². The van der Waals surface area contributed by atoms with Gasteiger partial charge < -0.3 is 9.47 Å². The summed E-state index contributed by atoms with van der Waals surface area (Å²) in [4.78, 5) is 11.3. The van der Waals surface area contributed by atoms with E-state index in [1.807, 2.05) is 31.2 Å². The lowest BCUT2D eigenvalue weighted by Crippen LogP contribution is -2.36. The standard InChI is InChI=1S/C13H20N2O3/c1-4-17-11-5-7-12(8-6-11)18-10-9-13(16)14-15(2)3/h5-8H,4,9-10H2,1-3H3,(H,14,16). The van der Waals surface area contributed by atoms with E-state index in [0.29, 0.717) is 19.6 Å². The summed E-state index contributed by atoms with van der Waals surface area (Å²) in [5, 5.41) is 1.61. The molecule has 18 heavy (non-hydrogen) atoms. The number of hydrogen-bond donors (Lipinski definition) is 1. The molecule has 0 spiro atoms. The van der Waals surface area contributed by atoms with E-state index in [9.17, 15) is 4.79 Å². The number of rotatable bonds is 7. The number of carbonyl (C=O) groups is 1. The minimum absolute atomic E-state index is 0.0639. The van der Waals surface area contributed by atoms with Crippen molar-refractivity contribution in [1.82, 2.24) is 10.4 Å². The summed E-state index contributed by atoms with van der Waals surface area (Å²) in [6.07, 6.45) is 0.325. The molecule has 1 aromatic rings. The van der Waals surface area contributed by atoms with Gasteiger partial charge in [-0.15, -0.1) is 0 Å². The number of nitrogens with zero attached hydrogens (tertiary/aromatic N) is 1. The Morgan fingerprint density at radius 3 is 2.22 bits per heavy atom. The summed E-state index contributed by atoms with van der Waals surface area (Å²) in [6.45, 7) is 2.94. The van der Waals surface area contributed by atoms with E-state index in [4.69, 9.17) is 9.47 Å². The quantitative estimate of drug-likeness (QED) is 0.746. The molecular weight excluding hydrogens is 232 g/mol. The van der Waals surface area contributed by atoms with Crippen LogP contribution in [0.1, 0.15) is 13.3 Å². The van der Waals surface area contributed by atoms with E-state index in [-0.39, 0.29) is 5.91 Å². The van der Waals surface area contributed by atoms with Crippen LogP contribution in [0.5, 0.6) is 11.5 Å². The molecule has 0 saturated heterocycles. The molecule has 0 bridgehead atoms. The lowest BCUT2D eigenvalue weighted by Gasteiger charge is -2.12. The van der Waals surface area contributed by atoms with Crippen LogP contribution in [-0.2, 0) is 4.79 Å². The van der Waals surface area contributed by atoms with Crippen LogP contribution in [0.25, 0.3) is 0 Å². The maximum Gasteiger partial charge on any atom is 0.237 e. The Hall–Kier alpha value is -1.75. The van der Waals surface area contributed by atoms with Gasteiger partial charge in [-0.05, 0) is 31.2 Å². The third-order valence-corrected chi connectivity index (χ3v) is 2.08. The smallest absolute Gasteiger partial charge is 0.237 e.